The van der Waals surface area contributed by atoms with Crippen LogP contribution in [0.15, 0.2) is 45.7 Å². The second-order valence-electron chi connectivity index (χ2n) is 8.05. The molecule has 8 nitrogen and oxygen atoms in total. The fraction of sp³-hybridized carbons (Fsp3) is 0.391. The zero-order valence-corrected chi connectivity index (χ0v) is 19.5. The van der Waals surface area contributed by atoms with Gasteiger partial charge in [-0.1, -0.05) is 13.0 Å². The Kier molecular flexibility index (Phi) is 6.21. The van der Waals surface area contributed by atoms with Crippen molar-refractivity contribution in [1.29, 1.82) is 0 Å². The van der Waals surface area contributed by atoms with E-state index in [-0.39, 0.29) is 10.8 Å². The van der Waals surface area contributed by atoms with E-state index in [1.54, 1.807) is 61.8 Å². The highest BCUT2D eigenvalue weighted by Gasteiger charge is 2.30. The molecule has 0 aliphatic carbocycles. The number of aryl methyl sites for hydroxylation is 1. The van der Waals surface area contributed by atoms with Crippen LogP contribution in [0.3, 0.4) is 0 Å². The molecule has 32 heavy (non-hydrogen) atoms. The number of methoxy groups -OCH3 is 2. The van der Waals surface area contributed by atoms with Crippen LogP contribution in [-0.2, 0) is 10.0 Å². The van der Waals surface area contributed by atoms with Crippen LogP contribution < -0.4 is 9.47 Å². The Balaban J connectivity index is 1.66. The lowest BCUT2D eigenvalue weighted by Gasteiger charge is -2.29. The summed E-state index contributed by atoms with van der Waals surface area (Å²) < 4.78 is 44.6. The van der Waals surface area contributed by atoms with Crippen molar-refractivity contribution in [1.82, 2.24) is 14.5 Å². The molecule has 0 saturated carbocycles. The SMILES string of the molecule is COc1ccc(-c2nnc(-c3ccc(C)c(S(=O)(=O)N4CCC(C)CC4)c3)o2)cc1OC. The van der Waals surface area contributed by atoms with Crippen molar-refractivity contribution < 1.29 is 22.3 Å². The van der Waals surface area contributed by atoms with E-state index in [0.29, 0.717) is 53.1 Å². The monoisotopic (exact) mass is 457 g/mol. The van der Waals surface area contributed by atoms with Crippen molar-refractivity contribution in [3.05, 3.63) is 42.0 Å². The van der Waals surface area contributed by atoms with Crippen molar-refractivity contribution in [2.24, 2.45) is 5.92 Å². The van der Waals surface area contributed by atoms with Crippen LogP contribution in [0, 0.1) is 12.8 Å². The molecule has 2 heterocycles. The first-order valence-electron chi connectivity index (χ1n) is 10.5. The van der Waals surface area contributed by atoms with Gasteiger partial charge in [-0.3, -0.25) is 0 Å². The number of benzene rings is 2. The Bertz CT molecular complexity index is 1210. The average Bonchev–Trinajstić information content (AvgIpc) is 3.29. The molecule has 0 radical (unpaired) electrons. The Morgan fingerprint density at radius 3 is 2.16 bits per heavy atom. The molecule has 4 rings (SSSR count). The van der Waals surface area contributed by atoms with Gasteiger partial charge in [0.05, 0.1) is 19.1 Å². The quantitative estimate of drug-likeness (QED) is 0.549. The fourth-order valence-corrected chi connectivity index (χ4v) is 5.52. The summed E-state index contributed by atoms with van der Waals surface area (Å²) in [5.41, 5.74) is 1.91. The van der Waals surface area contributed by atoms with Gasteiger partial charge in [-0.05, 0) is 61.6 Å². The molecule has 1 fully saturated rings. The normalized spacial score (nSPS) is 15.6. The van der Waals surface area contributed by atoms with E-state index in [1.165, 1.54) is 0 Å². The molecular formula is C23H27N3O5S. The van der Waals surface area contributed by atoms with Crippen molar-refractivity contribution in [2.45, 2.75) is 31.6 Å². The molecular weight excluding hydrogens is 430 g/mol. The molecule has 170 valence electrons. The highest BCUT2D eigenvalue weighted by Crippen LogP contribution is 2.34. The van der Waals surface area contributed by atoms with Gasteiger partial charge in [0.15, 0.2) is 11.5 Å². The van der Waals surface area contributed by atoms with E-state index in [2.05, 4.69) is 17.1 Å². The third kappa shape index (κ3) is 4.22. The smallest absolute Gasteiger partial charge is 0.248 e. The van der Waals surface area contributed by atoms with Crippen molar-refractivity contribution in [3.8, 4) is 34.4 Å². The Labute approximate surface area is 188 Å². The third-order valence-corrected chi connectivity index (χ3v) is 7.89. The summed E-state index contributed by atoms with van der Waals surface area (Å²) in [6, 6.07) is 10.5. The van der Waals surface area contributed by atoms with Crippen LogP contribution in [0.25, 0.3) is 22.9 Å². The minimum absolute atomic E-state index is 0.249. The summed E-state index contributed by atoms with van der Waals surface area (Å²) in [6.45, 7) is 5.03. The van der Waals surface area contributed by atoms with Crippen LogP contribution in [0.4, 0.5) is 0 Å². The summed E-state index contributed by atoms with van der Waals surface area (Å²) in [4.78, 5) is 0.274. The summed E-state index contributed by atoms with van der Waals surface area (Å²) >= 11 is 0. The number of sulfonamides is 1. The number of hydrogen-bond donors (Lipinski definition) is 0. The fourth-order valence-electron chi connectivity index (χ4n) is 3.80. The third-order valence-electron chi connectivity index (χ3n) is 5.85. The second kappa shape index (κ2) is 8.91. The molecule has 0 unspecified atom stereocenters. The van der Waals surface area contributed by atoms with E-state index in [1.807, 2.05) is 0 Å². The standard InChI is InChI=1S/C23H27N3O5S/c1-15-9-11-26(12-10-15)32(27,28)21-14-18(6-5-16(21)2)23-25-24-22(31-23)17-7-8-19(29-3)20(13-17)30-4/h5-8,13-15H,9-12H2,1-4H3. The number of rotatable bonds is 6. The number of ether oxygens (including phenoxy) is 2. The minimum atomic E-state index is -3.60. The Hall–Kier alpha value is -2.91. The molecule has 0 atom stereocenters. The largest absolute Gasteiger partial charge is 0.493 e. The molecule has 1 aliphatic rings. The molecule has 1 aliphatic heterocycles. The van der Waals surface area contributed by atoms with Crippen LogP contribution in [0.1, 0.15) is 25.3 Å². The highest BCUT2D eigenvalue weighted by molar-refractivity contribution is 7.89. The van der Waals surface area contributed by atoms with Crippen LogP contribution in [0.5, 0.6) is 11.5 Å². The second-order valence-corrected chi connectivity index (χ2v) is 9.96. The average molecular weight is 458 g/mol. The van der Waals surface area contributed by atoms with Crippen LogP contribution in [0.2, 0.25) is 0 Å². The topological polar surface area (TPSA) is 94.8 Å². The summed E-state index contributed by atoms with van der Waals surface area (Å²) in [5.74, 6) is 2.23. The summed E-state index contributed by atoms with van der Waals surface area (Å²) in [7, 11) is -0.477. The first kappa shape index (κ1) is 22.3. The van der Waals surface area contributed by atoms with Crippen LogP contribution in [-0.4, -0.2) is 50.2 Å². The van der Waals surface area contributed by atoms with E-state index < -0.39 is 10.0 Å². The summed E-state index contributed by atoms with van der Waals surface area (Å²) in [6.07, 6.45) is 1.74. The molecule has 9 heteroatoms. The molecule has 0 spiro atoms. The summed E-state index contributed by atoms with van der Waals surface area (Å²) in [5, 5.41) is 8.27. The number of piperidine rings is 1. The lowest BCUT2D eigenvalue weighted by molar-refractivity contribution is 0.288. The Morgan fingerprint density at radius 2 is 1.53 bits per heavy atom. The van der Waals surface area contributed by atoms with Gasteiger partial charge in [0.1, 0.15) is 0 Å². The first-order chi connectivity index (χ1) is 15.3. The zero-order chi connectivity index (χ0) is 22.9. The maximum atomic E-state index is 13.3. The number of hydrogen-bond acceptors (Lipinski definition) is 7. The number of nitrogens with zero attached hydrogens (tertiary/aromatic N) is 3. The zero-order valence-electron chi connectivity index (χ0n) is 18.7. The lowest BCUT2D eigenvalue weighted by Crippen LogP contribution is -2.38. The molecule has 3 aromatic rings. The Morgan fingerprint density at radius 1 is 0.938 bits per heavy atom. The van der Waals surface area contributed by atoms with Gasteiger partial charge in [0.25, 0.3) is 0 Å². The molecule has 2 aromatic carbocycles. The van der Waals surface area contributed by atoms with Crippen molar-refractivity contribution in [2.75, 3.05) is 27.3 Å². The maximum absolute atomic E-state index is 13.3. The highest BCUT2D eigenvalue weighted by atomic mass is 32.2. The van der Waals surface area contributed by atoms with E-state index >= 15 is 0 Å². The van der Waals surface area contributed by atoms with Crippen molar-refractivity contribution in [3.63, 3.8) is 0 Å². The maximum Gasteiger partial charge on any atom is 0.248 e. The molecule has 1 aromatic heterocycles. The van der Waals surface area contributed by atoms with Gasteiger partial charge < -0.3 is 13.9 Å². The van der Waals surface area contributed by atoms with Crippen LogP contribution >= 0.6 is 0 Å². The molecule has 0 N–H and O–H groups in total. The van der Waals surface area contributed by atoms with Gasteiger partial charge in [-0.25, -0.2) is 8.42 Å². The van der Waals surface area contributed by atoms with Crippen molar-refractivity contribution >= 4 is 10.0 Å². The van der Waals surface area contributed by atoms with Gasteiger partial charge in [-0.2, -0.15) is 4.31 Å². The number of aromatic nitrogens is 2. The van der Waals surface area contributed by atoms with Gasteiger partial charge in [0, 0.05) is 24.2 Å². The molecule has 0 bridgehead atoms. The first-order valence-corrected chi connectivity index (χ1v) is 11.9. The molecule has 0 amide bonds. The minimum Gasteiger partial charge on any atom is -0.493 e. The van der Waals surface area contributed by atoms with Gasteiger partial charge >= 0.3 is 0 Å². The van der Waals surface area contributed by atoms with E-state index in [0.717, 1.165) is 12.8 Å². The van der Waals surface area contributed by atoms with E-state index in [9.17, 15) is 8.42 Å². The lowest BCUT2D eigenvalue weighted by atomic mass is 10.0. The van der Waals surface area contributed by atoms with Gasteiger partial charge in [0.2, 0.25) is 21.8 Å². The predicted molar refractivity (Wildman–Crippen MR) is 120 cm³/mol. The predicted octanol–water partition coefficient (Wildman–Crippen LogP) is 4.15. The van der Waals surface area contributed by atoms with E-state index in [4.69, 9.17) is 13.9 Å². The van der Waals surface area contributed by atoms with Gasteiger partial charge in [-0.15, -0.1) is 10.2 Å². The molecule has 1 saturated heterocycles.